The molecule has 1 aromatic carbocycles. The SMILES string of the molecule is N#CCCN(C(=O)COC(=O)CC1CC2CCC1C2)c1ccc(F)cc1. The van der Waals surface area contributed by atoms with Crippen LogP contribution in [-0.4, -0.2) is 25.0 Å². The van der Waals surface area contributed by atoms with Crippen LogP contribution in [0.2, 0.25) is 0 Å². The number of nitrogens with zero attached hydrogens (tertiary/aromatic N) is 2. The van der Waals surface area contributed by atoms with Crippen molar-refractivity contribution >= 4 is 17.6 Å². The molecule has 26 heavy (non-hydrogen) atoms. The monoisotopic (exact) mass is 358 g/mol. The van der Waals surface area contributed by atoms with Gasteiger partial charge in [0.25, 0.3) is 5.91 Å². The van der Waals surface area contributed by atoms with Crippen molar-refractivity contribution in [1.29, 1.82) is 5.26 Å². The van der Waals surface area contributed by atoms with Gasteiger partial charge in [-0.2, -0.15) is 5.26 Å². The highest BCUT2D eigenvalue weighted by molar-refractivity contribution is 5.95. The van der Waals surface area contributed by atoms with E-state index in [1.165, 1.54) is 48.4 Å². The van der Waals surface area contributed by atoms with Gasteiger partial charge in [0, 0.05) is 18.7 Å². The van der Waals surface area contributed by atoms with E-state index in [2.05, 4.69) is 0 Å². The summed E-state index contributed by atoms with van der Waals surface area (Å²) in [5.74, 6) is 0.638. The number of hydrogen-bond acceptors (Lipinski definition) is 4. The van der Waals surface area contributed by atoms with Crippen LogP contribution in [0.25, 0.3) is 0 Å². The number of carbonyl (C=O) groups excluding carboxylic acids is 2. The van der Waals surface area contributed by atoms with Crippen molar-refractivity contribution in [3.8, 4) is 6.07 Å². The molecule has 3 unspecified atom stereocenters. The maximum atomic E-state index is 13.1. The number of rotatable bonds is 7. The molecule has 5 nitrogen and oxygen atoms in total. The van der Waals surface area contributed by atoms with Crippen molar-refractivity contribution in [2.24, 2.45) is 17.8 Å². The Balaban J connectivity index is 1.52. The summed E-state index contributed by atoms with van der Waals surface area (Å²) in [7, 11) is 0. The van der Waals surface area contributed by atoms with Gasteiger partial charge in [-0.3, -0.25) is 9.59 Å². The number of benzene rings is 1. The number of nitriles is 1. The van der Waals surface area contributed by atoms with Gasteiger partial charge in [0.2, 0.25) is 0 Å². The highest BCUT2D eigenvalue weighted by Gasteiger charge is 2.40. The van der Waals surface area contributed by atoms with Gasteiger partial charge >= 0.3 is 5.97 Å². The third kappa shape index (κ3) is 4.40. The first-order valence-corrected chi connectivity index (χ1v) is 9.15. The predicted octanol–water partition coefficient (Wildman–Crippen LogP) is 3.44. The molecule has 138 valence electrons. The Kier molecular flexibility index (Phi) is 5.87. The zero-order chi connectivity index (χ0) is 18.5. The van der Waals surface area contributed by atoms with Crippen molar-refractivity contribution in [1.82, 2.24) is 0 Å². The van der Waals surface area contributed by atoms with E-state index in [1.54, 1.807) is 0 Å². The van der Waals surface area contributed by atoms with Crippen LogP contribution in [0.4, 0.5) is 10.1 Å². The average molecular weight is 358 g/mol. The molecule has 0 spiro atoms. The van der Waals surface area contributed by atoms with Crippen molar-refractivity contribution in [3.05, 3.63) is 30.1 Å². The minimum atomic E-state index is -0.409. The Bertz CT molecular complexity index is 698. The number of esters is 1. The molecule has 1 amide bonds. The van der Waals surface area contributed by atoms with Crippen molar-refractivity contribution in [3.63, 3.8) is 0 Å². The number of anilines is 1. The van der Waals surface area contributed by atoms with Crippen LogP contribution < -0.4 is 4.90 Å². The first kappa shape index (κ1) is 18.4. The van der Waals surface area contributed by atoms with Gasteiger partial charge in [0.05, 0.1) is 12.5 Å². The normalized spacial score (nSPS) is 23.5. The second kappa shape index (κ2) is 8.31. The molecule has 0 N–H and O–H groups in total. The standard InChI is InChI=1S/C20H23FN2O3/c21-17-4-6-18(7-5-17)23(9-1-8-22)19(24)13-26-20(25)12-16-11-14-2-3-15(16)10-14/h4-7,14-16H,1-3,9-13H2. The van der Waals surface area contributed by atoms with Crippen LogP contribution in [0.15, 0.2) is 24.3 Å². The summed E-state index contributed by atoms with van der Waals surface area (Å²) in [6, 6.07) is 7.44. The van der Waals surface area contributed by atoms with Gasteiger partial charge in [-0.25, -0.2) is 4.39 Å². The Morgan fingerprint density at radius 2 is 2.00 bits per heavy atom. The molecule has 2 bridgehead atoms. The van der Waals surface area contributed by atoms with Crippen LogP contribution in [0.1, 0.15) is 38.5 Å². The summed E-state index contributed by atoms with van der Waals surface area (Å²) in [5, 5.41) is 8.78. The van der Waals surface area contributed by atoms with Crippen LogP contribution in [-0.2, 0) is 14.3 Å². The summed E-state index contributed by atoms with van der Waals surface area (Å²) in [4.78, 5) is 25.9. The molecular weight excluding hydrogens is 335 g/mol. The molecule has 0 heterocycles. The molecule has 0 saturated heterocycles. The number of halogens is 1. The zero-order valence-corrected chi connectivity index (χ0v) is 14.7. The second-order valence-electron chi connectivity index (χ2n) is 7.23. The number of fused-ring (bicyclic) bond motifs is 2. The summed E-state index contributed by atoms with van der Waals surface area (Å²) in [5.41, 5.74) is 0.482. The lowest BCUT2D eigenvalue weighted by Gasteiger charge is -2.23. The third-order valence-electron chi connectivity index (χ3n) is 5.56. The van der Waals surface area contributed by atoms with E-state index in [0.717, 1.165) is 12.3 Å². The van der Waals surface area contributed by atoms with Crippen molar-refractivity contribution in [2.45, 2.75) is 38.5 Å². The van der Waals surface area contributed by atoms with E-state index in [4.69, 9.17) is 10.00 Å². The Morgan fingerprint density at radius 3 is 2.62 bits per heavy atom. The van der Waals surface area contributed by atoms with E-state index in [1.807, 2.05) is 6.07 Å². The molecule has 3 rings (SSSR count). The zero-order valence-electron chi connectivity index (χ0n) is 14.7. The Morgan fingerprint density at radius 1 is 1.23 bits per heavy atom. The molecule has 3 atom stereocenters. The number of hydrogen-bond donors (Lipinski definition) is 0. The van der Waals surface area contributed by atoms with E-state index >= 15 is 0 Å². The van der Waals surface area contributed by atoms with Crippen LogP contribution in [0.3, 0.4) is 0 Å². The predicted molar refractivity (Wildman–Crippen MR) is 93.5 cm³/mol. The first-order chi connectivity index (χ1) is 12.6. The fourth-order valence-electron chi connectivity index (χ4n) is 4.30. The first-order valence-electron chi connectivity index (χ1n) is 9.15. The molecule has 0 aromatic heterocycles. The molecule has 2 aliphatic carbocycles. The topological polar surface area (TPSA) is 70.4 Å². The lowest BCUT2D eigenvalue weighted by Crippen LogP contribution is -2.35. The van der Waals surface area contributed by atoms with Gasteiger partial charge in [0.1, 0.15) is 5.82 Å². The summed E-state index contributed by atoms with van der Waals surface area (Å²) in [6.45, 7) is -0.187. The maximum Gasteiger partial charge on any atom is 0.306 e. The minimum Gasteiger partial charge on any atom is -0.456 e. The van der Waals surface area contributed by atoms with Crippen LogP contribution in [0.5, 0.6) is 0 Å². The average Bonchev–Trinajstić information content (AvgIpc) is 3.24. The molecule has 2 fully saturated rings. The largest absolute Gasteiger partial charge is 0.456 e. The van der Waals surface area contributed by atoms with Crippen LogP contribution >= 0.6 is 0 Å². The van der Waals surface area contributed by atoms with E-state index in [0.29, 0.717) is 23.9 Å². The molecular formula is C20H23FN2O3. The number of ether oxygens (including phenoxy) is 1. The highest BCUT2D eigenvalue weighted by atomic mass is 19.1. The molecule has 2 aliphatic rings. The summed E-state index contributed by atoms with van der Waals surface area (Å²) in [6.07, 6.45) is 5.32. The minimum absolute atomic E-state index is 0.141. The smallest absolute Gasteiger partial charge is 0.306 e. The Hall–Kier alpha value is -2.42. The quantitative estimate of drug-likeness (QED) is 0.700. The van der Waals surface area contributed by atoms with Gasteiger partial charge in [0.15, 0.2) is 6.61 Å². The number of carbonyl (C=O) groups is 2. The highest BCUT2D eigenvalue weighted by Crippen LogP contribution is 2.49. The summed E-state index contributed by atoms with van der Waals surface area (Å²) >= 11 is 0. The third-order valence-corrected chi connectivity index (χ3v) is 5.56. The number of amides is 1. The van der Waals surface area contributed by atoms with Crippen LogP contribution in [0, 0.1) is 34.9 Å². The van der Waals surface area contributed by atoms with Gasteiger partial charge in [-0.05, 0) is 61.3 Å². The fraction of sp³-hybridized carbons (Fsp3) is 0.550. The van der Waals surface area contributed by atoms with Gasteiger partial charge in [-0.15, -0.1) is 0 Å². The lowest BCUT2D eigenvalue weighted by atomic mass is 9.86. The van der Waals surface area contributed by atoms with Gasteiger partial charge < -0.3 is 9.64 Å². The second-order valence-corrected chi connectivity index (χ2v) is 7.23. The molecule has 0 radical (unpaired) electrons. The molecule has 0 aliphatic heterocycles. The van der Waals surface area contributed by atoms with Crippen molar-refractivity contribution in [2.75, 3.05) is 18.1 Å². The lowest BCUT2D eigenvalue weighted by molar-refractivity contribution is -0.149. The van der Waals surface area contributed by atoms with E-state index < -0.39 is 11.7 Å². The molecule has 2 saturated carbocycles. The summed E-state index contributed by atoms with van der Waals surface area (Å²) < 4.78 is 18.3. The molecule has 1 aromatic rings. The maximum absolute atomic E-state index is 13.1. The van der Waals surface area contributed by atoms with Gasteiger partial charge in [-0.1, -0.05) is 6.42 Å². The molecule has 6 heteroatoms. The fourth-order valence-corrected chi connectivity index (χ4v) is 4.30. The van der Waals surface area contributed by atoms with Crippen molar-refractivity contribution < 1.29 is 18.7 Å². The van der Waals surface area contributed by atoms with E-state index in [9.17, 15) is 14.0 Å². The van der Waals surface area contributed by atoms with E-state index in [-0.39, 0.29) is 25.5 Å². The Labute approximate surface area is 152 Å².